The molecule has 2 aromatic rings. The smallest absolute Gasteiger partial charge is 0.417 e. The first-order valence-electron chi connectivity index (χ1n) is 8.77. The van der Waals surface area contributed by atoms with E-state index in [-0.39, 0.29) is 16.5 Å². The van der Waals surface area contributed by atoms with E-state index in [1.807, 2.05) is 0 Å². The van der Waals surface area contributed by atoms with Crippen LogP contribution in [0.5, 0.6) is 11.6 Å². The molecule has 0 aliphatic carbocycles. The van der Waals surface area contributed by atoms with Gasteiger partial charge in [-0.05, 0) is 56.3 Å². The number of aromatic nitrogens is 1. The molecule has 152 valence electrons. The van der Waals surface area contributed by atoms with Crippen LogP contribution in [-0.4, -0.2) is 44.5 Å². The Kier molecular flexibility index (Phi) is 6.21. The van der Waals surface area contributed by atoms with Gasteiger partial charge in [0.1, 0.15) is 5.75 Å². The third-order valence-electron chi connectivity index (χ3n) is 4.34. The molecule has 6 nitrogen and oxygen atoms in total. The molecule has 0 amide bonds. The number of benzene rings is 1. The van der Waals surface area contributed by atoms with Gasteiger partial charge in [-0.1, -0.05) is 0 Å². The van der Waals surface area contributed by atoms with Crippen molar-refractivity contribution in [2.75, 3.05) is 26.2 Å². The number of halogens is 3. The molecular formula is C18H20F3N3O3S. The third-order valence-corrected chi connectivity index (χ3v) is 5.82. The zero-order valence-corrected chi connectivity index (χ0v) is 15.8. The summed E-state index contributed by atoms with van der Waals surface area (Å²) >= 11 is 0. The van der Waals surface area contributed by atoms with Gasteiger partial charge in [-0.25, -0.2) is 18.1 Å². The summed E-state index contributed by atoms with van der Waals surface area (Å²) < 4.78 is 70.2. The van der Waals surface area contributed by atoms with Crippen molar-refractivity contribution < 1.29 is 26.3 Å². The molecule has 1 aliphatic heterocycles. The van der Waals surface area contributed by atoms with Crippen molar-refractivity contribution in [1.82, 2.24) is 14.6 Å². The van der Waals surface area contributed by atoms with Gasteiger partial charge in [0, 0.05) is 25.4 Å². The first-order chi connectivity index (χ1) is 13.2. The minimum Gasteiger partial charge on any atom is -0.439 e. The Morgan fingerprint density at radius 2 is 1.75 bits per heavy atom. The standard InChI is InChI=1S/C18H20F3N3O3S/c19-18(20,21)14-3-8-17(22-13-14)27-15-4-6-16(7-5-15)28(25,26)23-9-12-24-10-1-2-11-24/h3-8,13,23H,1-2,9-12H2. The first kappa shape index (κ1) is 20.6. The highest BCUT2D eigenvalue weighted by molar-refractivity contribution is 7.89. The fourth-order valence-corrected chi connectivity index (χ4v) is 3.86. The maximum Gasteiger partial charge on any atom is 0.417 e. The number of nitrogens with one attached hydrogen (secondary N) is 1. The Balaban J connectivity index is 1.57. The molecule has 10 heteroatoms. The summed E-state index contributed by atoms with van der Waals surface area (Å²) in [6.07, 6.45) is -1.51. The number of ether oxygens (including phenoxy) is 1. The van der Waals surface area contributed by atoms with E-state index >= 15 is 0 Å². The summed E-state index contributed by atoms with van der Waals surface area (Å²) in [6, 6.07) is 7.57. The molecule has 28 heavy (non-hydrogen) atoms. The maximum absolute atomic E-state index is 12.5. The Morgan fingerprint density at radius 1 is 1.07 bits per heavy atom. The molecule has 0 atom stereocenters. The molecular weight excluding hydrogens is 395 g/mol. The van der Waals surface area contributed by atoms with Crippen molar-refractivity contribution in [2.45, 2.75) is 23.9 Å². The molecule has 0 spiro atoms. The molecule has 1 aromatic heterocycles. The highest BCUT2D eigenvalue weighted by Crippen LogP contribution is 2.30. The molecule has 1 saturated heterocycles. The lowest BCUT2D eigenvalue weighted by atomic mass is 10.3. The molecule has 1 N–H and O–H groups in total. The highest BCUT2D eigenvalue weighted by Gasteiger charge is 2.30. The predicted octanol–water partition coefficient (Wildman–Crippen LogP) is 3.27. The number of sulfonamides is 1. The number of pyridine rings is 1. The van der Waals surface area contributed by atoms with E-state index in [1.54, 1.807) is 0 Å². The van der Waals surface area contributed by atoms with E-state index in [0.29, 0.717) is 19.3 Å². The van der Waals surface area contributed by atoms with Crippen LogP contribution in [0.15, 0.2) is 47.5 Å². The molecule has 3 rings (SSSR count). The van der Waals surface area contributed by atoms with Gasteiger partial charge in [0.25, 0.3) is 0 Å². The SMILES string of the molecule is O=S(=O)(NCCN1CCCC1)c1ccc(Oc2ccc(C(F)(F)F)cn2)cc1. The van der Waals surface area contributed by atoms with Gasteiger partial charge >= 0.3 is 6.18 Å². The second kappa shape index (κ2) is 8.46. The third kappa shape index (κ3) is 5.43. The van der Waals surface area contributed by atoms with Gasteiger partial charge in [-0.15, -0.1) is 0 Å². The maximum atomic E-state index is 12.5. The van der Waals surface area contributed by atoms with Crippen LogP contribution < -0.4 is 9.46 Å². The van der Waals surface area contributed by atoms with Gasteiger partial charge in [0.2, 0.25) is 15.9 Å². The Hall–Kier alpha value is -2.17. The van der Waals surface area contributed by atoms with Crippen molar-refractivity contribution in [3.63, 3.8) is 0 Å². The number of likely N-dealkylation sites (tertiary alicyclic amines) is 1. The zero-order chi connectivity index (χ0) is 20.2. The molecule has 1 aromatic carbocycles. The number of hydrogen-bond acceptors (Lipinski definition) is 5. The summed E-state index contributed by atoms with van der Waals surface area (Å²) in [5.74, 6) is 0.246. The Labute approximate surface area is 161 Å². The van der Waals surface area contributed by atoms with Gasteiger partial charge in [0.15, 0.2) is 0 Å². The summed E-state index contributed by atoms with van der Waals surface area (Å²) in [5.41, 5.74) is -0.874. The quantitative estimate of drug-likeness (QED) is 0.752. The molecule has 2 heterocycles. The minimum atomic E-state index is -4.47. The van der Waals surface area contributed by atoms with E-state index in [9.17, 15) is 21.6 Å². The van der Waals surface area contributed by atoms with E-state index in [0.717, 1.165) is 38.1 Å². The zero-order valence-electron chi connectivity index (χ0n) is 14.9. The lowest BCUT2D eigenvalue weighted by Crippen LogP contribution is -2.33. The van der Waals surface area contributed by atoms with E-state index < -0.39 is 21.8 Å². The van der Waals surface area contributed by atoms with Crippen molar-refractivity contribution in [2.24, 2.45) is 0 Å². The monoisotopic (exact) mass is 415 g/mol. The van der Waals surface area contributed by atoms with E-state index in [2.05, 4.69) is 14.6 Å². The summed E-state index contributed by atoms with van der Waals surface area (Å²) in [7, 11) is -3.64. The number of rotatable bonds is 7. The van der Waals surface area contributed by atoms with Crippen LogP contribution in [0.2, 0.25) is 0 Å². The van der Waals surface area contributed by atoms with Crippen LogP contribution in [0.4, 0.5) is 13.2 Å². The average molecular weight is 415 g/mol. The first-order valence-corrected chi connectivity index (χ1v) is 10.3. The van der Waals surface area contributed by atoms with Crippen molar-refractivity contribution in [1.29, 1.82) is 0 Å². The molecule has 0 saturated carbocycles. The minimum absolute atomic E-state index is 0.0210. The summed E-state index contributed by atoms with van der Waals surface area (Å²) in [5, 5.41) is 0. The van der Waals surface area contributed by atoms with Gasteiger partial charge in [0.05, 0.1) is 10.5 Å². The Morgan fingerprint density at radius 3 is 2.32 bits per heavy atom. The lowest BCUT2D eigenvalue weighted by Gasteiger charge is -2.15. The van der Waals surface area contributed by atoms with Gasteiger partial charge in [-0.3, -0.25) is 0 Å². The molecule has 1 fully saturated rings. The van der Waals surface area contributed by atoms with Crippen LogP contribution in [0.3, 0.4) is 0 Å². The van der Waals surface area contributed by atoms with Crippen molar-refractivity contribution >= 4 is 10.0 Å². The average Bonchev–Trinajstić information content (AvgIpc) is 3.15. The summed E-state index contributed by atoms with van der Waals surface area (Å²) in [6.45, 7) is 2.98. The topological polar surface area (TPSA) is 71.5 Å². The van der Waals surface area contributed by atoms with Gasteiger partial charge in [-0.2, -0.15) is 13.2 Å². The number of nitrogens with zero attached hydrogens (tertiary/aromatic N) is 2. The van der Waals surface area contributed by atoms with Gasteiger partial charge < -0.3 is 9.64 Å². The second-order valence-electron chi connectivity index (χ2n) is 6.40. The Bertz CT molecular complexity index is 879. The van der Waals surface area contributed by atoms with E-state index in [1.165, 1.54) is 24.3 Å². The fraction of sp³-hybridized carbons (Fsp3) is 0.389. The van der Waals surface area contributed by atoms with Crippen LogP contribution >= 0.6 is 0 Å². The molecule has 0 radical (unpaired) electrons. The molecule has 0 bridgehead atoms. The number of alkyl halides is 3. The lowest BCUT2D eigenvalue weighted by molar-refractivity contribution is -0.137. The fourth-order valence-electron chi connectivity index (χ4n) is 2.84. The van der Waals surface area contributed by atoms with Crippen LogP contribution in [0.25, 0.3) is 0 Å². The van der Waals surface area contributed by atoms with E-state index in [4.69, 9.17) is 4.74 Å². The number of hydrogen-bond donors (Lipinski definition) is 1. The molecule has 1 aliphatic rings. The van der Waals surface area contributed by atoms with Crippen molar-refractivity contribution in [3.8, 4) is 11.6 Å². The molecule has 0 unspecified atom stereocenters. The normalized spacial score (nSPS) is 15.7. The predicted molar refractivity (Wildman–Crippen MR) is 96.6 cm³/mol. The second-order valence-corrected chi connectivity index (χ2v) is 8.17. The highest BCUT2D eigenvalue weighted by atomic mass is 32.2. The summed E-state index contributed by atoms with van der Waals surface area (Å²) in [4.78, 5) is 5.90. The van der Waals surface area contributed by atoms with Crippen molar-refractivity contribution in [3.05, 3.63) is 48.2 Å². The van der Waals surface area contributed by atoms with Crippen LogP contribution in [0, 0.1) is 0 Å². The van der Waals surface area contributed by atoms with Crippen LogP contribution in [-0.2, 0) is 16.2 Å². The van der Waals surface area contributed by atoms with Crippen LogP contribution in [0.1, 0.15) is 18.4 Å². The largest absolute Gasteiger partial charge is 0.439 e.